The van der Waals surface area contributed by atoms with Crippen molar-refractivity contribution in [3.05, 3.63) is 21.3 Å². The molecule has 1 fully saturated rings. The predicted molar refractivity (Wildman–Crippen MR) is 73.8 cm³/mol. The number of hydrogen-bond acceptors (Lipinski definition) is 2. The molecule has 90 valence electrons. The van der Waals surface area contributed by atoms with Gasteiger partial charge in [-0.2, -0.15) is 0 Å². The summed E-state index contributed by atoms with van der Waals surface area (Å²) in [6, 6.07) is 1.97. The molecule has 16 heavy (non-hydrogen) atoms. The van der Waals surface area contributed by atoms with E-state index in [1.807, 2.05) is 6.07 Å². The van der Waals surface area contributed by atoms with Crippen LogP contribution in [0.5, 0.6) is 0 Å². The molecule has 4 heteroatoms. The Hall–Kier alpha value is 0.430. The zero-order valence-corrected chi connectivity index (χ0v) is 12.4. The summed E-state index contributed by atoms with van der Waals surface area (Å²) in [7, 11) is 0. The number of halogens is 2. The standard InChI is InChI=1S/C12H16BrClOS/c1-2-15-9-5-8(6-9)7-10(13)12-11(14)3-4-16-12/h3-4,8-10H,2,5-7H2,1H3. The largest absolute Gasteiger partial charge is 0.378 e. The predicted octanol–water partition coefficient (Wildman–Crippen LogP) is 5.04. The topological polar surface area (TPSA) is 9.23 Å². The number of ether oxygens (including phenoxy) is 1. The lowest BCUT2D eigenvalue weighted by Crippen LogP contribution is -2.31. The van der Waals surface area contributed by atoms with Crippen LogP contribution >= 0.6 is 38.9 Å². The van der Waals surface area contributed by atoms with Crippen molar-refractivity contribution >= 4 is 38.9 Å². The van der Waals surface area contributed by atoms with E-state index in [1.165, 1.54) is 24.1 Å². The molecule has 1 aliphatic rings. The second-order valence-electron chi connectivity index (χ2n) is 4.25. The highest BCUT2D eigenvalue weighted by Gasteiger charge is 2.31. The first kappa shape index (κ1) is 12.9. The van der Waals surface area contributed by atoms with Gasteiger partial charge in [0, 0.05) is 11.5 Å². The van der Waals surface area contributed by atoms with E-state index in [-0.39, 0.29) is 0 Å². The molecule has 1 atom stereocenters. The number of rotatable bonds is 5. The minimum atomic E-state index is 0.410. The van der Waals surface area contributed by atoms with Crippen molar-refractivity contribution in [2.75, 3.05) is 6.61 Å². The fourth-order valence-electron chi connectivity index (χ4n) is 2.17. The van der Waals surface area contributed by atoms with Crippen molar-refractivity contribution in [1.82, 2.24) is 0 Å². The van der Waals surface area contributed by atoms with Crippen LogP contribution in [0.15, 0.2) is 11.4 Å². The summed E-state index contributed by atoms with van der Waals surface area (Å²) in [5, 5.41) is 2.95. The van der Waals surface area contributed by atoms with Crippen LogP contribution < -0.4 is 0 Å². The van der Waals surface area contributed by atoms with Gasteiger partial charge in [0.2, 0.25) is 0 Å². The average Bonchev–Trinajstić information content (AvgIpc) is 2.61. The maximum atomic E-state index is 6.11. The Morgan fingerprint density at radius 2 is 2.38 bits per heavy atom. The second kappa shape index (κ2) is 5.85. The van der Waals surface area contributed by atoms with Crippen molar-refractivity contribution in [3.8, 4) is 0 Å². The smallest absolute Gasteiger partial charge is 0.0580 e. The van der Waals surface area contributed by atoms with Crippen LogP contribution in [0.2, 0.25) is 5.02 Å². The molecular weight excluding hydrogens is 308 g/mol. The van der Waals surface area contributed by atoms with E-state index in [0.717, 1.165) is 17.5 Å². The van der Waals surface area contributed by atoms with E-state index >= 15 is 0 Å². The molecule has 0 saturated heterocycles. The zero-order valence-electron chi connectivity index (χ0n) is 9.29. The Labute approximate surface area is 114 Å². The van der Waals surface area contributed by atoms with Crippen molar-refractivity contribution < 1.29 is 4.74 Å². The molecule has 0 amide bonds. The van der Waals surface area contributed by atoms with E-state index in [0.29, 0.717) is 10.9 Å². The van der Waals surface area contributed by atoms with Gasteiger partial charge in [0.15, 0.2) is 0 Å². The third-order valence-electron chi connectivity index (χ3n) is 3.06. The highest BCUT2D eigenvalue weighted by Crippen LogP contribution is 2.43. The molecule has 1 saturated carbocycles. The lowest BCUT2D eigenvalue weighted by atomic mass is 9.79. The number of hydrogen-bond donors (Lipinski definition) is 0. The van der Waals surface area contributed by atoms with E-state index in [2.05, 4.69) is 28.2 Å². The molecule has 0 aromatic carbocycles. The van der Waals surface area contributed by atoms with Gasteiger partial charge in [-0.1, -0.05) is 27.5 Å². The van der Waals surface area contributed by atoms with E-state index in [9.17, 15) is 0 Å². The zero-order chi connectivity index (χ0) is 11.5. The molecule has 1 aromatic heterocycles. The first-order chi connectivity index (χ1) is 7.70. The minimum absolute atomic E-state index is 0.410. The Bertz CT molecular complexity index is 336. The monoisotopic (exact) mass is 322 g/mol. The van der Waals surface area contributed by atoms with Gasteiger partial charge in [-0.05, 0) is 43.6 Å². The summed E-state index contributed by atoms with van der Waals surface area (Å²) in [4.78, 5) is 1.68. The molecule has 1 nitrogen and oxygen atoms in total. The van der Waals surface area contributed by atoms with Crippen molar-refractivity contribution in [1.29, 1.82) is 0 Å². The van der Waals surface area contributed by atoms with Gasteiger partial charge in [-0.25, -0.2) is 0 Å². The maximum Gasteiger partial charge on any atom is 0.0580 e. The molecule has 0 aliphatic heterocycles. The average molecular weight is 324 g/mol. The van der Waals surface area contributed by atoms with Crippen molar-refractivity contribution in [3.63, 3.8) is 0 Å². The van der Waals surface area contributed by atoms with Crippen LogP contribution in [-0.2, 0) is 4.74 Å². The SMILES string of the molecule is CCOC1CC(CC(Br)c2sccc2Cl)C1. The van der Waals surface area contributed by atoms with Gasteiger partial charge in [-0.3, -0.25) is 0 Å². The van der Waals surface area contributed by atoms with Crippen LogP contribution in [0.3, 0.4) is 0 Å². The van der Waals surface area contributed by atoms with Crippen LogP contribution in [0, 0.1) is 5.92 Å². The maximum absolute atomic E-state index is 6.11. The molecule has 1 aromatic rings. The van der Waals surface area contributed by atoms with Gasteiger partial charge in [-0.15, -0.1) is 11.3 Å². The third kappa shape index (κ3) is 3.00. The number of alkyl halides is 1. The summed E-state index contributed by atoms with van der Waals surface area (Å²) in [6.07, 6.45) is 4.09. The van der Waals surface area contributed by atoms with Crippen LogP contribution in [0.4, 0.5) is 0 Å². The van der Waals surface area contributed by atoms with Gasteiger partial charge in [0.05, 0.1) is 16.0 Å². The lowest BCUT2D eigenvalue weighted by Gasteiger charge is -2.36. The molecule has 0 spiro atoms. The Morgan fingerprint density at radius 1 is 1.62 bits per heavy atom. The van der Waals surface area contributed by atoms with Gasteiger partial charge in [0.25, 0.3) is 0 Å². The molecule has 0 bridgehead atoms. The fourth-order valence-corrected chi connectivity index (χ4v) is 4.58. The highest BCUT2D eigenvalue weighted by atomic mass is 79.9. The van der Waals surface area contributed by atoms with Crippen molar-refractivity contribution in [2.45, 2.75) is 37.1 Å². The molecule has 1 aliphatic carbocycles. The Kier molecular flexibility index (Phi) is 4.71. The summed E-state index contributed by atoms with van der Waals surface area (Å²) in [5.41, 5.74) is 0. The van der Waals surface area contributed by atoms with Crippen LogP contribution in [0.1, 0.15) is 35.9 Å². The molecular formula is C12H16BrClOS. The molecule has 0 radical (unpaired) electrons. The first-order valence-electron chi connectivity index (χ1n) is 5.69. The number of thiophene rings is 1. The normalized spacial score (nSPS) is 26.4. The summed E-state index contributed by atoms with van der Waals surface area (Å²) in [5.74, 6) is 0.791. The highest BCUT2D eigenvalue weighted by molar-refractivity contribution is 9.09. The van der Waals surface area contributed by atoms with Gasteiger partial charge >= 0.3 is 0 Å². The first-order valence-corrected chi connectivity index (χ1v) is 7.86. The summed E-state index contributed by atoms with van der Waals surface area (Å²) in [6.45, 7) is 2.90. The van der Waals surface area contributed by atoms with Crippen molar-refractivity contribution in [2.24, 2.45) is 5.92 Å². The van der Waals surface area contributed by atoms with E-state index < -0.39 is 0 Å². The second-order valence-corrected chi connectivity index (χ2v) is 6.71. The molecule has 1 heterocycles. The lowest BCUT2D eigenvalue weighted by molar-refractivity contribution is -0.0264. The van der Waals surface area contributed by atoms with Gasteiger partial charge < -0.3 is 4.74 Å². The Morgan fingerprint density at radius 3 is 2.94 bits per heavy atom. The minimum Gasteiger partial charge on any atom is -0.378 e. The van der Waals surface area contributed by atoms with Crippen LogP contribution in [0.25, 0.3) is 0 Å². The summed E-state index contributed by atoms with van der Waals surface area (Å²) >= 11 is 11.6. The third-order valence-corrected chi connectivity index (χ3v) is 5.67. The molecule has 0 N–H and O–H groups in total. The van der Waals surface area contributed by atoms with E-state index in [4.69, 9.17) is 16.3 Å². The Balaban J connectivity index is 1.77. The van der Waals surface area contributed by atoms with E-state index in [1.54, 1.807) is 11.3 Å². The summed E-state index contributed by atoms with van der Waals surface area (Å²) < 4.78 is 5.57. The van der Waals surface area contributed by atoms with Gasteiger partial charge in [0.1, 0.15) is 0 Å². The molecule has 2 rings (SSSR count). The quantitative estimate of drug-likeness (QED) is 0.690. The fraction of sp³-hybridized carbons (Fsp3) is 0.667. The van der Waals surface area contributed by atoms with Crippen LogP contribution in [-0.4, -0.2) is 12.7 Å². The molecule has 1 unspecified atom stereocenters.